The maximum atomic E-state index is 14.2. The van der Waals surface area contributed by atoms with Crippen molar-refractivity contribution < 1.29 is 12.8 Å². The highest BCUT2D eigenvalue weighted by molar-refractivity contribution is 7.89. The summed E-state index contributed by atoms with van der Waals surface area (Å²) in [6.45, 7) is 0. The number of alkyl halides is 1. The number of amidine groups is 1. The topological polar surface area (TPSA) is 121 Å². The van der Waals surface area contributed by atoms with E-state index in [1.807, 2.05) is 0 Å². The van der Waals surface area contributed by atoms with Crippen LogP contribution in [0.2, 0.25) is 0 Å². The van der Waals surface area contributed by atoms with Gasteiger partial charge in [-0.3, -0.25) is 4.79 Å². The predicted octanol–water partition coefficient (Wildman–Crippen LogP) is 2.35. The summed E-state index contributed by atoms with van der Waals surface area (Å²) in [6, 6.07) is 7.10. The SMILES string of the molecule is CN(C)S(=O)(=O)c1ccc(N=C(N)c2c(NC3CCCCC3F)cc[nH]c2=O)cc1. The molecule has 2 aromatic rings. The quantitative estimate of drug-likeness (QED) is 0.475. The van der Waals surface area contributed by atoms with E-state index in [0.717, 1.165) is 17.1 Å². The second-order valence-electron chi connectivity index (χ2n) is 7.43. The maximum Gasteiger partial charge on any atom is 0.261 e. The summed E-state index contributed by atoms with van der Waals surface area (Å²) in [6.07, 6.45) is 3.41. The third-order valence-electron chi connectivity index (χ3n) is 5.10. The van der Waals surface area contributed by atoms with Gasteiger partial charge in [0, 0.05) is 20.3 Å². The van der Waals surface area contributed by atoms with Crippen molar-refractivity contribution in [3.8, 4) is 0 Å². The van der Waals surface area contributed by atoms with Crippen molar-refractivity contribution in [1.29, 1.82) is 0 Å². The Labute approximate surface area is 175 Å². The average Bonchev–Trinajstić information content (AvgIpc) is 2.70. The molecule has 1 aliphatic rings. The fraction of sp³-hybridized carbons (Fsp3) is 0.400. The highest BCUT2D eigenvalue weighted by atomic mass is 32.2. The molecule has 2 unspecified atom stereocenters. The minimum atomic E-state index is -3.56. The fourth-order valence-corrected chi connectivity index (χ4v) is 4.30. The standard InChI is InChI=1S/C20H26FN5O3S/c1-26(2)30(28,29)14-9-7-13(8-10-14)24-19(22)18-17(11-12-23-20(18)27)25-16-6-4-3-5-15(16)21/h7-12,15-16H,3-6H2,1-2H3,(H2,22,24)(H2,23,25,27). The number of aromatic amines is 1. The second kappa shape index (κ2) is 8.97. The molecule has 1 aliphatic carbocycles. The van der Waals surface area contributed by atoms with Crippen molar-refractivity contribution >= 4 is 27.2 Å². The van der Waals surface area contributed by atoms with E-state index >= 15 is 0 Å². The number of rotatable bonds is 6. The third kappa shape index (κ3) is 4.71. The summed E-state index contributed by atoms with van der Waals surface area (Å²) in [7, 11) is -0.660. The molecule has 1 aromatic heterocycles. The molecule has 1 heterocycles. The molecule has 0 amide bonds. The summed E-state index contributed by atoms with van der Waals surface area (Å²) in [5.74, 6) is -0.0474. The smallest absolute Gasteiger partial charge is 0.261 e. The Hall–Kier alpha value is -2.72. The molecule has 2 atom stereocenters. The summed E-state index contributed by atoms with van der Waals surface area (Å²) < 4.78 is 39.7. The number of nitrogens with two attached hydrogens (primary N) is 1. The number of nitrogens with zero attached hydrogens (tertiary/aromatic N) is 2. The number of hydrogen-bond acceptors (Lipinski definition) is 5. The number of sulfonamides is 1. The van der Waals surface area contributed by atoms with Crippen LogP contribution in [0.25, 0.3) is 0 Å². The van der Waals surface area contributed by atoms with Gasteiger partial charge >= 0.3 is 0 Å². The van der Waals surface area contributed by atoms with Crippen LogP contribution in [0.3, 0.4) is 0 Å². The van der Waals surface area contributed by atoms with Crippen LogP contribution in [0.15, 0.2) is 51.2 Å². The number of benzene rings is 1. The summed E-state index contributed by atoms with van der Waals surface area (Å²) in [5, 5.41) is 3.11. The van der Waals surface area contributed by atoms with E-state index in [1.54, 1.807) is 6.07 Å². The molecule has 0 aliphatic heterocycles. The van der Waals surface area contributed by atoms with Gasteiger partial charge in [-0.25, -0.2) is 22.1 Å². The van der Waals surface area contributed by atoms with Gasteiger partial charge in [0.25, 0.3) is 5.56 Å². The third-order valence-corrected chi connectivity index (χ3v) is 6.93. The molecule has 0 bridgehead atoms. The zero-order chi connectivity index (χ0) is 21.9. The molecule has 162 valence electrons. The Morgan fingerprint density at radius 1 is 1.20 bits per heavy atom. The lowest BCUT2D eigenvalue weighted by atomic mass is 9.93. The molecule has 0 radical (unpaired) electrons. The van der Waals surface area contributed by atoms with Crippen LogP contribution in [0.4, 0.5) is 15.8 Å². The highest BCUT2D eigenvalue weighted by Crippen LogP contribution is 2.26. The summed E-state index contributed by atoms with van der Waals surface area (Å²) in [5.41, 5.74) is 6.60. The Morgan fingerprint density at radius 3 is 2.50 bits per heavy atom. The number of pyridine rings is 1. The monoisotopic (exact) mass is 435 g/mol. The lowest BCUT2D eigenvalue weighted by Gasteiger charge is -2.28. The lowest BCUT2D eigenvalue weighted by Crippen LogP contribution is -2.35. The first-order valence-electron chi connectivity index (χ1n) is 9.69. The van der Waals surface area contributed by atoms with E-state index in [1.165, 1.54) is 44.6 Å². The van der Waals surface area contributed by atoms with Gasteiger partial charge in [-0.15, -0.1) is 0 Å². The van der Waals surface area contributed by atoms with E-state index in [0.29, 0.717) is 24.2 Å². The van der Waals surface area contributed by atoms with Gasteiger partial charge < -0.3 is 16.0 Å². The molecule has 10 heteroatoms. The van der Waals surface area contributed by atoms with Gasteiger partial charge in [-0.1, -0.05) is 12.8 Å². The number of halogens is 1. The Bertz CT molecular complexity index is 1080. The zero-order valence-electron chi connectivity index (χ0n) is 16.9. The number of aromatic nitrogens is 1. The van der Waals surface area contributed by atoms with Crippen LogP contribution in [0.1, 0.15) is 31.2 Å². The van der Waals surface area contributed by atoms with Gasteiger partial charge in [0.15, 0.2) is 0 Å². The minimum absolute atomic E-state index is 0.0474. The maximum absolute atomic E-state index is 14.2. The molecule has 0 spiro atoms. The van der Waals surface area contributed by atoms with Crippen LogP contribution < -0.4 is 16.6 Å². The molecule has 8 nitrogen and oxygen atoms in total. The number of aliphatic imine (C=N–C) groups is 1. The molecule has 0 saturated heterocycles. The Kier molecular flexibility index (Phi) is 6.57. The first-order chi connectivity index (χ1) is 14.2. The molecule has 4 N–H and O–H groups in total. The number of nitrogens with one attached hydrogen (secondary N) is 2. The Balaban J connectivity index is 1.90. The predicted molar refractivity (Wildman–Crippen MR) is 116 cm³/mol. The van der Waals surface area contributed by atoms with Crippen LogP contribution >= 0.6 is 0 Å². The van der Waals surface area contributed by atoms with Crippen LogP contribution in [0.5, 0.6) is 0 Å². The molecule has 1 saturated carbocycles. The van der Waals surface area contributed by atoms with Gasteiger partial charge in [-0.2, -0.15) is 0 Å². The van der Waals surface area contributed by atoms with Crippen molar-refractivity contribution in [3.63, 3.8) is 0 Å². The van der Waals surface area contributed by atoms with E-state index in [4.69, 9.17) is 5.73 Å². The number of anilines is 1. The van der Waals surface area contributed by atoms with E-state index in [9.17, 15) is 17.6 Å². The first kappa shape index (κ1) is 22.0. The van der Waals surface area contributed by atoms with E-state index in [2.05, 4.69) is 15.3 Å². The Morgan fingerprint density at radius 2 is 1.87 bits per heavy atom. The average molecular weight is 436 g/mol. The van der Waals surface area contributed by atoms with Gasteiger partial charge in [0.05, 0.1) is 22.3 Å². The van der Waals surface area contributed by atoms with Crippen molar-refractivity contribution in [2.75, 3.05) is 19.4 Å². The van der Waals surface area contributed by atoms with Crippen LogP contribution in [-0.4, -0.2) is 49.9 Å². The minimum Gasteiger partial charge on any atom is -0.383 e. The van der Waals surface area contributed by atoms with E-state index in [-0.39, 0.29) is 22.3 Å². The van der Waals surface area contributed by atoms with Crippen molar-refractivity contribution in [2.24, 2.45) is 10.7 Å². The molecule has 3 rings (SSSR count). The second-order valence-corrected chi connectivity index (χ2v) is 9.58. The lowest BCUT2D eigenvalue weighted by molar-refractivity contribution is 0.230. The molecule has 30 heavy (non-hydrogen) atoms. The van der Waals surface area contributed by atoms with Crippen LogP contribution in [0, 0.1) is 0 Å². The van der Waals surface area contributed by atoms with Gasteiger partial charge in [-0.05, 0) is 43.2 Å². The van der Waals surface area contributed by atoms with E-state index < -0.39 is 21.8 Å². The van der Waals surface area contributed by atoms with Crippen molar-refractivity contribution in [2.45, 2.75) is 42.8 Å². The fourth-order valence-electron chi connectivity index (χ4n) is 3.40. The highest BCUT2D eigenvalue weighted by Gasteiger charge is 2.26. The van der Waals surface area contributed by atoms with Gasteiger partial charge in [0.1, 0.15) is 17.6 Å². The first-order valence-corrected chi connectivity index (χ1v) is 11.1. The zero-order valence-corrected chi connectivity index (χ0v) is 17.7. The van der Waals surface area contributed by atoms with Crippen molar-refractivity contribution in [1.82, 2.24) is 9.29 Å². The molecule has 1 fully saturated rings. The number of H-pyrrole nitrogens is 1. The van der Waals surface area contributed by atoms with Gasteiger partial charge in [0.2, 0.25) is 10.0 Å². The summed E-state index contributed by atoms with van der Waals surface area (Å²) in [4.78, 5) is 19.4. The summed E-state index contributed by atoms with van der Waals surface area (Å²) >= 11 is 0. The largest absolute Gasteiger partial charge is 0.383 e. The normalized spacial score (nSPS) is 20.3. The van der Waals surface area contributed by atoms with Crippen LogP contribution in [-0.2, 0) is 10.0 Å². The molecular weight excluding hydrogens is 409 g/mol. The van der Waals surface area contributed by atoms with Crippen molar-refractivity contribution in [3.05, 3.63) is 52.4 Å². The molecule has 1 aromatic carbocycles. The molecular formula is C20H26FN5O3S. The number of hydrogen-bond donors (Lipinski definition) is 3.